The van der Waals surface area contributed by atoms with Crippen LogP contribution >= 0.6 is 27.5 Å². The Morgan fingerprint density at radius 3 is 2.59 bits per heavy atom. The Kier molecular flexibility index (Phi) is 4.54. The number of rotatable bonds is 4. The highest BCUT2D eigenvalue weighted by atomic mass is 79.9. The average molecular weight is 343 g/mol. The van der Waals surface area contributed by atoms with Crippen molar-refractivity contribution in [2.45, 2.75) is 17.9 Å². The van der Waals surface area contributed by atoms with E-state index in [9.17, 15) is 13.2 Å². The van der Waals surface area contributed by atoms with Crippen LogP contribution in [0.4, 0.5) is 0 Å². The molecular weight excluding hydrogens is 334 g/mol. The topological polar surface area (TPSA) is 83.5 Å². The van der Waals surface area contributed by atoms with Crippen LogP contribution in [0.2, 0.25) is 5.02 Å². The van der Waals surface area contributed by atoms with Crippen LogP contribution in [0.3, 0.4) is 0 Å². The van der Waals surface area contributed by atoms with Crippen molar-refractivity contribution >= 4 is 43.5 Å². The largest absolute Gasteiger partial charge is 0.480 e. The van der Waals surface area contributed by atoms with Gasteiger partial charge in [-0.2, -0.15) is 4.72 Å². The highest BCUT2D eigenvalue weighted by Crippen LogP contribution is 2.25. The molecule has 5 nitrogen and oxygen atoms in total. The molecule has 0 aromatic heterocycles. The van der Waals surface area contributed by atoms with Gasteiger partial charge in [-0.25, -0.2) is 8.42 Å². The monoisotopic (exact) mass is 341 g/mol. The average Bonchev–Trinajstić information content (AvgIpc) is 2.21. The molecule has 0 bridgehead atoms. The zero-order chi connectivity index (χ0) is 13.2. The van der Waals surface area contributed by atoms with Gasteiger partial charge in [-0.3, -0.25) is 4.79 Å². The Balaban J connectivity index is 3.05. The van der Waals surface area contributed by atoms with Gasteiger partial charge >= 0.3 is 5.97 Å². The van der Waals surface area contributed by atoms with Crippen molar-refractivity contribution in [2.75, 3.05) is 0 Å². The van der Waals surface area contributed by atoms with Crippen LogP contribution in [0, 0.1) is 0 Å². The number of nitrogens with one attached hydrogen (secondary N) is 1. The third kappa shape index (κ3) is 3.67. The highest BCUT2D eigenvalue weighted by Gasteiger charge is 2.21. The molecule has 0 aliphatic rings. The summed E-state index contributed by atoms with van der Waals surface area (Å²) in [7, 11) is -3.86. The van der Waals surface area contributed by atoms with Crippen LogP contribution in [0.15, 0.2) is 27.6 Å². The summed E-state index contributed by atoms with van der Waals surface area (Å²) in [6.45, 7) is 1.24. The molecular formula is C9H9BrClNO4S. The predicted molar refractivity (Wildman–Crippen MR) is 66.6 cm³/mol. The summed E-state index contributed by atoms with van der Waals surface area (Å²) in [5.74, 6) is -1.25. The van der Waals surface area contributed by atoms with E-state index < -0.39 is 22.0 Å². The first-order chi connectivity index (χ1) is 7.74. The van der Waals surface area contributed by atoms with Crippen molar-refractivity contribution in [2.24, 2.45) is 0 Å². The third-order valence-corrected chi connectivity index (χ3v) is 4.66. The molecule has 8 heteroatoms. The quantitative estimate of drug-likeness (QED) is 0.875. The predicted octanol–water partition coefficient (Wildman–Crippen LogP) is 1.85. The first-order valence-electron chi connectivity index (χ1n) is 4.44. The first-order valence-corrected chi connectivity index (χ1v) is 7.09. The van der Waals surface area contributed by atoms with Gasteiger partial charge in [0.15, 0.2) is 0 Å². The molecule has 0 radical (unpaired) electrons. The van der Waals surface area contributed by atoms with Gasteiger partial charge in [-0.05, 0) is 41.1 Å². The van der Waals surface area contributed by atoms with E-state index in [0.717, 1.165) is 0 Å². The lowest BCUT2D eigenvalue weighted by atomic mass is 10.4. The van der Waals surface area contributed by atoms with Gasteiger partial charge < -0.3 is 5.11 Å². The minimum atomic E-state index is -3.86. The van der Waals surface area contributed by atoms with Crippen LogP contribution in [0.1, 0.15) is 6.92 Å². The van der Waals surface area contributed by atoms with E-state index in [1.54, 1.807) is 0 Å². The molecule has 2 N–H and O–H groups in total. The molecule has 1 atom stereocenters. The molecule has 1 aromatic rings. The zero-order valence-corrected chi connectivity index (χ0v) is 11.8. The molecule has 0 fully saturated rings. The second-order valence-electron chi connectivity index (χ2n) is 3.26. The Hall–Kier alpha value is -0.630. The summed E-state index contributed by atoms with van der Waals surface area (Å²) in [6, 6.07) is 2.81. The second kappa shape index (κ2) is 5.34. The fourth-order valence-corrected chi connectivity index (χ4v) is 2.87. The summed E-state index contributed by atoms with van der Waals surface area (Å²) in [5.41, 5.74) is 0. The minimum Gasteiger partial charge on any atom is -0.480 e. The van der Waals surface area contributed by atoms with Crippen molar-refractivity contribution in [1.82, 2.24) is 4.72 Å². The molecule has 94 valence electrons. The van der Waals surface area contributed by atoms with Crippen LogP contribution < -0.4 is 4.72 Å². The normalized spacial score (nSPS) is 13.4. The van der Waals surface area contributed by atoms with Gasteiger partial charge in [0, 0.05) is 4.47 Å². The third-order valence-electron chi connectivity index (χ3n) is 1.90. The van der Waals surface area contributed by atoms with Gasteiger partial charge in [0.25, 0.3) is 0 Å². The molecule has 1 aromatic carbocycles. The van der Waals surface area contributed by atoms with Crippen LogP contribution in [-0.4, -0.2) is 25.5 Å². The number of carbonyl (C=O) groups is 1. The number of hydrogen-bond acceptors (Lipinski definition) is 3. The summed E-state index contributed by atoms with van der Waals surface area (Å²) < 4.78 is 26.0. The zero-order valence-electron chi connectivity index (χ0n) is 8.65. The molecule has 0 heterocycles. The van der Waals surface area contributed by atoms with Gasteiger partial charge in [-0.15, -0.1) is 0 Å². The molecule has 0 aliphatic heterocycles. The Bertz CT molecular complexity index is 546. The molecule has 1 rings (SSSR count). The number of hydrogen-bond donors (Lipinski definition) is 2. The van der Waals surface area contributed by atoms with E-state index >= 15 is 0 Å². The van der Waals surface area contributed by atoms with Crippen molar-refractivity contribution in [3.63, 3.8) is 0 Å². The Morgan fingerprint density at radius 2 is 2.12 bits per heavy atom. The lowest BCUT2D eigenvalue weighted by molar-refractivity contribution is -0.138. The lowest BCUT2D eigenvalue weighted by Gasteiger charge is -2.10. The number of sulfonamides is 1. The highest BCUT2D eigenvalue weighted by molar-refractivity contribution is 9.10. The Labute approximate surface area is 112 Å². The smallest absolute Gasteiger partial charge is 0.321 e. The van der Waals surface area contributed by atoms with Gasteiger partial charge in [-0.1, -0.05) is 11.6 Å². The van der Waals surface area contributed by atoms with E-state index in [-0.39, 0.29) is 4.90 Å². The van der Waals surface area contributed by atoms with E-state index in [2.05, 4.69) is 15.9 Å². The summed E-state index contributed by atoms with van der Waals surface area (Å²) in [4.78, 5) is 10.5. The number of benzene rings is 1. The summed E-state index contributed by atoms with van der Waals surface area (Å²) in [6.07, 6.45) is 0. The number of carboxylic acids is 1. The van der Waals surface area contributed by atoms with E-state index in [1.807, 2.05) is 4.72 Å². The summed E-state index contributed by atoms with van der Waals surface area (Å²) in [5, 5.41) is 9.00. The maximum absolute atomic E-state index is 11.8. The maximum atomic E-state index is 11.8. The molecule has 0 saturated heterocycles. The fraction of sp³-hybridized carbons (Fsp3) is 0.222. The van der Waals surface area contributed by atoms with Crippen molar-refractivity contribution in [3.8, 4) is 0 Å². The first kappa shape index (κ1) is 14.4. The van der Waals surface area contributed by atoms with E-state index in [1.165, 1.54) is 25.1 Å². The maximum Gasteiger partial charge on any atom is 0.321 e. The standard InChI is InChI=1S/C9H9BrClNO4S/c1-5(9(13)14)12-17(15,16)6-2-3-8(11)7(10)4-6/h2-5,12H,1H3,(H,13,14)/t5-/m0/s1. The molecule has 0 aliphatic carbocycles. The molecule has 0 unspecified atom stereocenters. The number of carboxylic acid groups (broad SMARTS) is 1. The van der Waals surface area contributed by atoms with Crippen LogP contribution in [0.5, 0.6) is 0 Å². The molecule has 0 spiro atoms. The SMILES string of the molecule is C[C@H](NS(=O)(=O)c1ccc(Cl)c(Br)c1)C(=O)O. The van der Waals surface area contributed by atoms with Gasteiger partial charge in [0.1, 0.15) is 6.04 Å². The van der Waals surface area contributed by atoms with Gasteiger partial charge in [0.05, 0.1) is 9.92 Å². The minimum absolute atomic E-state index is 0.0538. The van der Waals surface area contributed by atoms with E-state index in [0.29, 0.717) is 9.50 Å². The van der Waals surface area contributed by atoms with Crippen LogP contribution in [0.25, 0.3) is 0 Å². The van der Waals surface area contributed by atoms with Crippen molar-refractivity contribution < 1.29 is 18.3 Å². The fourth-order valence-electron chi connectivity index (χ4n) is 0.995. The second-order valence-corrected chi connectivity index (χ2v) is 6.23. The lowest BCUT2D eigenvalue weighted by Crippen LogP contribution is -2.38. The van der Waals surface area contributed by atoms with E-state index in [4.69, 9.17) is 16.7 Å². The Morgan fingerprint density at radius 1 is 1.53 bits per heavy atom. The molecule has 17 heavy (non-hydrogen) atoms. The molecule has 0 amide bonds. The van der Waals surface area contributed by atoms with Crippen LogP contribution in [-0.2, 0) is 14.8 Å². The van der Waals surface area contributed by atoms with Crippen molar-refractivity contribution in [1.29, 1.82) is 0 Å². The number of aliphatic carboxylic acids is 1. The van der Waals surface area contributed by atoms with Gasteiger partial charge in [0.2, 0.25) is 10.0 Å². The van der Waals surface area contributed by atoms with Crippen molar-refractivity contribution in [3.05, 3.63) is 27.7 Å². The summed E-state index contributed by atoms with van der Waals surface area (Å²) >= 11 is 8.82. The number of halogens is 2. The molecule has 0 saturated carbocycles.